The Morgan fingerprint density at radius 2 is 0.853 bits per heavy atom. The lowest BCUT2D eigenvalue weighted by atomic mass is 10.2. The Morgan fingerprint density at radius 1 is 0.500 bits per heavy atom. The van der Waals surface area contributed by atoms with Crippen LogP contribution in [0.15, 0.2) is 107 Å². The fraction of sp³-hybridized carbons (Fsp3) is 0.0769. The maximum atomic E-state index is 12.6. The summed E-state index contributed by atoms with van der Waals surface area (Å²) in [5.41, 5.74) is 1.09. The first-order chi connectivity index (χ1) is 16.5. The molecule has 4 aromatic rings. The van der Waals surface area contributed by atoms with Crippen LogP contribution in [0.2, 0.25) is 0 Å². The Hall–Kier alpha value is -3.62. The zero-order chi connectivity index (χ0) is 23.9. The zero-order valence-corrected chi connectivity index (χ0v) is 20.1. The summed E-state index contributed by atoms with van der Waals surface area (Å²) in [6.45, 7) is 1.97. The van der Waals surface area contributed by atoms with E-state index in [0.29, 0.717) is 32.8 Å². The van der Waals surface area contributed by atoms with E-state index in [0.717, 1.165) is 11.3 Å². The van der Waals surface area contributed by atoms with E-state index in [1.165, 1.54) is 0 Å². The number of aryl methyl sites for hydroxylation is 1. The van der Waals surface area contributed by atoms with Crippen molar-refractivity contribution in [2.75, 3.05) is 7.11 Å². The van der Waals surface area contributed by atoms with Gasteiger partial charge >= 0.3 is 0 Å². The molecule has 2 unspecified atom stereocenters. The highest BCUT2D eigenvalue weighted by Gasteiger charge is 2.10. The lowest BCUT2D eigenvalue weighted by Crippen LogP contribution is -2.03. The van der Waals surface area contributed by atoms with Crippen molar-refractivity contribution in [3.63, 3.8) is 0 Å². The summed E-state index contributed by atoms with van der Waals surface area (Å²) in [7, 11) is 1.60. The molecule has 0 N–H and O–H groups in total. The molecule has 0 amide bonds. The van der Waals surface area contributed by atoms with Gasteiger partial charge in [-0.3, -0.25) is 0 Å². The maximum Gasteiger partial charge on any atom is 0.240 e. The molecule has 0 heterocycles. The molecule has 6 nitrogen and oxygen atoms in total. The van der Waals surface area contributed by atoms with E-state index in [2.05, 4.69) is 0 Å². The fourth-order valence-electron chi connectivity index (χ4n) is 2.87. The van der Waals surface area contributed by atoms with Crippen molar-refractivity contribution in [1.82, 2.24) is 0 Å². The molecule has 0 radical (unpaired) electrons. The van der Waals surface area contributed by atoms with Gasteiger partial charge in [0.05, 0.1) is 16.9 Å². The summed E-state index contributed by atoms with van der Waals surface area (Å²) in [5.74, 6) is 2.91. The molecule has 34 heavy (non-hydrogen) atoms. The van der Waals surface area contributed by atoms with Crippen molar-refractivity contribution >= 4 is 22.2 Å². The van der Waals surface area contributed by atoms with Gasteiger partial charge in [0.1, 0.15) is 28.7 Å². The van der Waals surface area contributed by atoms with Crippen LogP contribution in [0.3, 0.4) is 0 Å². The number of rotatable bonds is 9. The molecule has 8 heteroatoms. The van der Waals surface area contributed by atoms with Gasteiger partial charge in [-0.2, -0.15) is 0 Å². The molecule has 0 bridgehead atoms. The third-order valence-corrected chi connectivity index (χ3v) is 6.69. The van der Waals surface area contributed by atoms with Gasteiger partial charge in [-0.05, 0) is 91.9 Å². The van der Waals surface area contributed by atoms with E-state index in [1.807, 2.05) is 31.2 Å². The molecule has 0 fully saturated rings. The number of hydrogen-bond donors (Lipinski definition) is 0. The number of hydrogen-bond acceptors (Lipinski definition) is 6. The third kappa shape index (κ3) is 6.24. The molecule has 4 rings (SSSR count). The van der Waals surface area contributed by atoms with E-state index in [9.17, 15) is 8.42 Å². The minimum absolute atomic E-state index is 0.382. The van der Waals surface area contributed by atoms with Crippen molar-refractivity contribution in [1.29, 1.82) is 0 Å². The molecule has 4 aromatic carbocycles. The van der Waals surface area contributed by atoms with E-state index in [-0.39, 0.29) is 0 Å². The minimum atomic E-state index is -1.72. The van der Waals surface area contributed by atoms with Crippen LogP contribution >= 0.6 is 0 Å². The highest BCUT2D eigenvalue weighted by molar-refractivity contribution is 7.80. The van der Waals surface area contributed by atoms with Crippen LogP contribution in [0.4, 0.5) is 0 Å². The molecule has 0 saturated heterocycles. The monoisotopic (exact) mass is 494 g/mol. The standard InChI is InChI=1S/C26H22O6S2/c1-19-3-5-23(6-4-19)31-34(28)26-17-13-24(14-18-26)32-33(27)25-15-11-22(12-16-25)30-21-9-7-20(29-2)8-10-21/h3-18H,1-2H3. The van der Waals surface area contributed by atoms with Crippen LogP contribution in [-0.4, -0.2) is 15.5 Å². The highest BCUT2D eigenvalue weighted by Crippen LogP contribution is 2.26. The summed E-state index contributed by atoms with van der Waals surface area (Å²) in [6.07, 6.45) is 0. The van der Waals surface area contributed by atoms with Crippen molar-refractivity contribution < 1.29 is 26.3 Å². The molecule has 0 aromatic heterocycles. The predicted octanol–water partition coefficient (Wildman–Crippen LogP) is 6.00. The maximum absolute atomic E-state index is 12.6. The molecule has 0 aliphatic heterocycles. The average Bonchev–Trinajstić information content (AvgIpc) is 2.87. The molecule has 0 aliphatic carbocycles. The SMILES string of the molecule is COc1ccc(Oc2ccc(S(=O)Oc3ccc(S(=O)Oc4ccc(C)cc4)cc3)cc2)cc1. The Kier molecular flexibility index (Phi) is 7.61. The summed E-state index contributed by atoms with van der Waals surface area (Å²) in [4.78, 5) is 0.955. The molecule has 174 valence electrons. The number of benzene rings is 4. The fourth-order valence-corrected chi connectivity index (χ4v) is 4.35. The first kappa shape index (κ1) is 23.5. The van der Waals surface area contributed by atoms with Crippen LogP contribution < -0.4 is 17.8 Å². The van der Waals surface area contributed by atoms with Gasteiger partial charge in [-0.25, -0.2) is 8.42 Å². The lowest BCUT2D eigenvalue weighted by Gasteiger charge is -2.09. The smallest absolute Gasteiger partial charge is 0.240 e. The summed E-state index contributed by atoms with van der Waals surface area (Å²) < 4.78 is 46.9. The highest BCUT2D eigenvalue weighted by atomic mass is 32.2. The number of methoxy groups -OCH3 is 1. The summed E-state index contributed by atoms with van der Waals surface area (Å²) in [5, 5.41) is 0. The molecule has 0 spiro atoms. The molecule has 0 saturated carbocycles. The second-order valence-corrected chi connectivity index (χ2v) is 9.38. The van der Waals surface area contributed by atoms with Crippen molar-refractivity contribution in [3.05, 3.63) is 103 Å². The third-order valence-electron chi connectivity index (χ3n) is 4.69. The Balaban J connectivity index is 1.33. The van der Waals surface area contributed by atoms with E-state index in [1.54, 1.807) is 79.9 Å². The van der Waals surface area contributed by atoms with Crippen LogP contribution in [0, 0.1) is 6.92 Å². The van der Waals surface area contributed by atoms with E-state index < -0.39 is 22.2 Å². The topological polar surface area (TPSA) is 71.1 Å². The lowest BCUT2D eigenvalue weighted by molar-refractivity contribution is 0.413. The predicted molar refractivity (Wildman–Crippen MR) is 131 cm³/mol. The van der Waals surface area contributed by atoms with E-state index >= 15 is 0 Å². The molecular weight excluding hydrogens is 472 g/mol. The van der Waals surface area contributed by atoms with Gasteiger partial charge in [0, 0.05) is 0 Å². The first-order valence-corrected chi connectivity index (χ1v) is 12.4. The van der Waals surface area contributed by atoms with Crippen molar-refractivity contribution in [2.45, 2.75) is 16.7 Å². The van der Waals surface area contributed by atoms with Gasteiger partial charge in [0.2, 0.25) is 22.2 Å². The van der Waals surface area contributed by atoms with Gasteiger partial charge < -0.3 is 17.8 Å². The van der Waals surface area contributed by atoms with Crippen LogP contribution in [0.25, 0.3) is 0 Å². The Labute approximate surface area is 203 Å². The number of ether oxygens (including phenoxy) is 2. The van der Waals surface area contributed by atoms with E-state index in [4.69, 9.17) is 17.8 Å². The zero-order valence-electron chi connectivity index (χ0n) is 18.5. The van der Waals surface area contributed by atoms with Crippen LogP contribution in [0.5, 0.6) is 28.7 Å². The van der Waals surface area contributed by atoms with Crippen LogP contribution in [0.1, 0.15) is 5.56 Å². The summed E-state index contributed by atoms with van der Waals surface area (Å²) in [6, 6.07) is 27.7. The second kappa shape index (κ2) is 11.0. The Morgan fingerprint density at radius 3 is 1.29 bits per heavy atom. The largest absolute Gasteiger partial charge is 0.497 e. The van der Waals surface area contributed by atoms with Gasteiger partial charge in [-0.15, -0.1) is 0 Å². The first-order valence-electron chi connectivity index (χ1n) is 10.3. The molecular formula is C26H22O6S2. The van der Waals surface area contributed by atoms with Gasteiger partial charge in [0.25, 0.3) is 0 Å². The van der Waals surface area contributed by atoms with Gasteiger partial charge in [-0.1, -0.05) is 17.7 Å². The second-order valence-electron chi connectivity index (χ2n) is 7.17. The van der Waals surface area contributed by atoms with Crippen molar-refractivity contribution in [3.8, 4) is 28.7 Å². The quantitative estimate of drug-likeness (QED) is 0.284. The molecule has 2 atom stereocenters. The normalized spacial score (nSPS) is 12.4. The van der Waals surface area contributed by atoms with Gasteiger partial charge in [0.15, 0.2) is 0 Å². The van der Waals surface area contributed by atoms with Crippen LogP contribution in [-0.2, 0) is 22.2 Å². The Bertz CT molecular complexity index is 1270. The minimum Gasteiger partial charge on any atom is -0.497 e. The molecule has 0 aliphatic rings. The average molecular weight is 495 g/mol. The summed E-state index contributed by atoms with van der Waals surface area (Å²) >= 11 is -3.40. The van der Waals surface area contributed by atoms with Crippen molar-refractivity contribution in [2.24, 2.45) is 0 Å².